The van der Waals surface area contributed by atoms with Crippen LogP contribution in [0.2, 0.25) is 0 Å². The highest BCUT2D eigenvalue weighted by Crippen LogP contribution is 2.25. The van der Waals surface area contributed by atoms with Crippen LogP contribution in [-0.2, 0) is 6.54 Å². The second-order valence-electron chi connectivity index (χ2n) is 5.06. The topological polar surface area (TPSA) is 41.5 Å². The lowest BCUT2D eigenvalue weighted by Crippen LogP contribution is -2.12. The highest BCUT2D eigenvalue weighted by molar-refractivity contribution is 5.39. The third-order valence-corrected chi connectivity index (χ3v) is 2.73. The van der Waals surface area contributed by atoms with Crippen molar-refractivity contribution >= 4 is 5.82 Å². The van der Waals surface area contributed by atoms with Crippen LogP contribution in [0.1, 0.15) is 5.56 Å². The van der Waals surface area contributed by atoms with E-state index in [1.807, 2.05) is 51.3 Å². The maximum absolute atomic E-state index is 5.87. The first-order valence-corrected chi connectivity index (χ1v) is 6.46. The van der Waals surface area contributed by atoms with Crippen molar-refractivity contribution in [2.75, 3.05) is 33.1 Å². The summed E-state index contributed by atoms with van der Waals surface area (Å²) in [6.07, 6.45) is 3.33. The molecule has 0 bridgehead atoms. The summed E-state index contributed by atoms with van der Waals surface area (Å²) in [5, 5.41) is 0. The molecular weight excluding hydrogens is 252 g/mol. The summed E-state index contributed by atoms with van der Waals surface area (Å²) in [6.45, 7) is 0.816. The van der Waals surface area contributed by atoms with Crippen LogP contribution in [0.3, 0.4) is 0 Å². The molecule has 0 amide bonds. The van der Waals surface area contributed by atoms with Gasteiger partial charge in [0.15, 0.2) is 5.82 Å². The molecular formula is C15H20N4O. The van der Waals surface area contributed by atoms with Crippen LogP contribution in [0.4, 0.5) is 5.82 Å². The third kappa shape index (κ3) is 3.68. The van der Waals surface area contributed by atoms with Gasteiger partial charge in [-0.3, -0.25) is 4.98 Å². The second-order valence-corrected chi connectivity index (χ2v) is 5.06. The van der Waals surface area contributed by atoms with Gasteiger partial charge in [0.05, 0.1) is 12.4 Å². The zero-order valence-corrected chi connectivity index (χ0v) is 12.4. The fourth-order valence-electron chi connectivity index (χ4n) is 1.79. The number of nitrogens with zero attached hydrogens (tertiary/aromatic N) is 4. The molecule has 1 aromatic heterocycles. The molecule has 0 aliphatic rings. The minimum Gasteiger partial charge on any atom is -0.437 e. The van der Waals surface area contributed by atoms with Gasteiger partial charge in [-0.2, -0.15) is 4.98 Å². The smallest absolute Gasteiger partial charge is 0.239 e. The molecule has 0 fully saturated rings. The molecule has 5 heteroatoms. The fraction of sp³-hybridized carbons (Fsp3) is 0.333. The van der Waals surface area contributed by atoms with Crippen molar-refractivity contribution in [1.29, 1.82) is 0 Å². The van der Waals surface area contributed by atoms with E-state index >= 15 is 0 Å². The van der Waals surface area contributed by atoms with Crippen LogP contribution in [0.15, 0.2) is 36.7 Å². The molecule has 20 heavy (non-hydrogen) atoms. The lowest BCUT2D eigenvalue weighted by molar-refractivity contribution is 0.385. The van der Waals surface area contributed by atoms with E-state index < -0.39 is 0 Å². The number of ether oxygens (including phenoxy) is 1. The minimum atomic E-state index is 0.502. The van der Waals surface area contributed by atoms with Gasteiger partial charge in [0.2, 0.25) is 5.88 Å². The summed E-state index contributed by atoms with van der Waals surface area (Å²) in [6, 6.07) is 7.97. The Morgan fingerprint density at radius 3 is 2.50 bits per heavy atom. The van der Waals surface area contributed by atoms with E-state index in [9.17, 15) is 0 Å². The Kier molecular flexibility index (Phi) is 4.53. The van der Waals surface area contributed by atoms with Crippen LogP contribution in [-0.4, -0.2) is 43.1 Å². The van der Waals surface area contributed by atoms with Crippen LogP contribution in [0.25, 0.3) is 0 Å². The molecule has 5 nitrogen and oxygen atoms in total. The molecule has 0 spiro atoms. The number of benzene rings is 1. The van der Waals surface area contributed by atoms with Gasteiger partial charge in [0.1, 0.15) is 5.75 Å². The molecule has 1 heterocycles. The van der Waals surface area contributed by atoms with Crippen molar-refractivity contribution in [3.8, 4) is 11.6 Å². The summed E-state index contributed by atoms with van der Waals surface area (Å²) < 4.78 is 5.87. The summed E-state index contributed by atoms with van der Waals surface area (Å²) in [5.41, 5.74) is 1.12. The Labute approximate surface area is 119 Å². The average molecular weight is 272 g/mol. The molecule has 106 valence electrons. The summed E-state index contributed by atoms with van der Waals surface area (Å²) in [7, 11) is 7.91. The number of anilines is 1. The standard InChI is InChI=1S/C15H20N4O/c1-18(2)11-12-7-5-6-8-13(12)20-15-10-16-9-14(17-15)19(3)4/h5-10H,11H2,1-4H3. The molecule has 0 radical (unpaired) electrons. The molecule has 0 atom stereocenters. The average Bonchev–Trinajstić information content (AvgIpc) is 2.41. The van der Waals surface area contributed by atoms with Gasteiger partial charge in [0, 0.05) is 26.2 Å². The number of hydrogen-bond acceptors (Lipinski definition) is 5. The van der Waals surface area contributed by atoms with Gasteiger partial charge >= 0.3 is 0 Å². The molecule has 0 saturated carbocycles. The van der Waals surface area contributed by atoms with Crippen molar-refractivity contribution in [1.82, 2.24) is 14.9 Å². The summed E-state index contributed by atoms with van der Waals surface area (Å²) >= 11 is 0. The number of para-hydroxylation sites is 1. The van der Waals surface area contributed by atoms with Gasteiger partial charge in [0.25, 0.3) is 0 Å². The van der Waals surface area contributed by atoms with E-state index in [-0.39, 0.29) is 0 Å². The zero-order valence-electron chi connectivity index (χ0n) is 12.4. The first kappa shape index (κ1) is 14.3. The van der Waals surface area contributed by atoms with Crippen molar-refractivity contribution < 1.29 is 4.74 Å². The van der Waals surface area contributed by atoms with Crippen molar-refractivity contribution in [2.45, 2.75) is 6.54 Å². The normalized spacial score (nSPS) is 10.7. The maximum Gasteiger partial charge on any atom is 0.239 e. The van der Waals surface area contributed by atoms with Crippen LogP contribution in [0, 0.1) is 0 Å². The number of aromatic nitrogens is 2. The predicted molar refractivity (Wildman–Crippen MR) is 80.3 cm³/mol. The SMILES string of the molecule is CN(C)Cc1ccccc1Oc1cncc(N(C)C)n1. The van der Waals surface area contributed by atoms with E-state index in [2.05, 4.69) is 20.9 Å². The Bertz CT molecular complexity index is 569. The molecule has 2 rings (SSSR count). The zero-order chi connectivity index (χ0) is 14.5. The Morgan fingerprint density at radius 1 is 1.05 bits per heavy atom. The van der Waals surface area contributed by atoms with Gasteiger partial charge in [-0.15, -0.1) is 0 Å². The Hall–Kier alpha value is -2.14. The molecule has 0 aliphatic carbocycles. The molecule has 2 aromatic rings. The summed E-state index contributed by atoms with van der Waals surface area (Å²) in [4.78, 5) is 12.6. The van der Waals surface area contributed by atoms with Crippen molar-refractivity contribution in [2.24, 2.45) is 0 Å². The van der Waals surface area contributed by atoms with E-state index in [0.29, 0.717) is 5.88 Å². The Balaban J connectivity index is 2.23. The van der Waals surface area contributed by atoms with Gasteiger partial charge in [-0.05, 0) is 20.2 Å². The third-order valence-electron chi connectivity index (χ3n) is 2.73. The molecule has 0 N–H and O–H groups in total. The molecule has 0 saturated heterocycles. The minimum absolute atomic E-state index is 0.502. The predicted octanol–water partition coefficient (Wildman–Crippen LogP) is 2.40. The number of hydrogen-bond donors (Lipinski definition) is 0. The largest absolute Gasteiger partial charge is 0.437 e. The highest BCUT2D eigenvalue weighted by atomic mass is 16.5. The van der Waals surface area contributed by atoms with E-state index in [4.69, 9.17) is 4.74 Å². The maximum atomic E-state index is 5.87. The first-order chi connectivity index (χ1) is 9.56. The lowest BCUT2D eigenvalue weighted by Gasteiger charge is -2.15. The second kappa shape index (κ2) is 6.34. The lowest BCUT2D eigenvalue weighted by atomic mass is 10.2. The highest BCUT2D eigenvalue weighted by Gasteiger charge is 2.07. The monoisotopic (exact) mass is 272 g/mol. The van der Waals surface area contributed by atoms with Gasteiger partial charge in [-0.25, -0.2) is 0 Å². The van der Waals surface area contributed by atoms with Gasteiger partial charge in [-0.1, -0.05) is 18.2 Å². The summed E-state index contributed by atoms with van der Waals surface area (Å²) in [5.74, 6) is 2.08. The number of rotatable bonds is 5. The molecule has 0 aliphatic heterocycles. The molecule has 1 aromatic carbocycles. The van der Waals surface area contributed by atoms with E-state index in [1.54, 1.807) is 12.4 Å². The quantitative estimate of drug-likeness (QED) is 0.836. The fourth-order valence-corrected chi connectivity index (χ4v) is 1.79. The van der Waals surface area contributed by atoms with E-state index in [0.717, 1.165) is 23.7 Å². The van der Waals surface area contributed by atoms with Crippen LogP contribution >= 0.6 is 0 Å². The molecule has 0 unspecified atom stereocenters. The van der Waals surface area contributed by atoms with Gasteiger partial charge < -0.3 is 14.5 Å². The van der Waals surface area contributed by atoms with Crippen molar-refractivity contribution in [3.63, 3.8) is 0 Å². The van der Waals surface area contributed by atoms with E-state index in [1.165, 1.54) is 0 Å². The van der Waals surface area contributed by atoms with Crippen LogP contribution < -0.4 is 9.64 Å². The first-order valence-electron chi connectivity index (χ1n) is 6.46. The van der Waals surface area contributed by atoms with Crippen molar-refractivity contribution in [3.05, 3.63) is 42.2 Å². The Morgan fingerprint density at radius 2 is 1.80 bits per heavy atom. The van der Waals surface area contributed by atoms with Crippen LogP contribution in [0.5, 0.6) is 11.6 Å².